The molecule has 1 aliphatic heterocycles. The zero-order valence-electron chi connectivity index (χ0n) is 15.0. The van der Waals surface area contributed by atoms with Gasteiger partial charge < -0.3 is 4.90 Å². The summed E-state index contributed by atoms with van der Waals surface area (Å²) in [5, 5.41) is 0. The molecule has 0 radical (unpaired) electrons. The fourth-order valence-corrected chi connectivity index (χ4v) is 4.13. The molecule has 0 saturated carbocycles. The lowest BCUT2D eigenvalue weighted by atomic mass is 9.97. The number of aryl methyl sites for hydroxylation is 2. The van der Waals surface area contributed by atoms with E-state index in [9.17, 15) is 9.59 Å². The lowest BCUT2D eigenvalue weighted by molar-refractivity contribution is -0.126. The third-order valence-electron chi connectivity index (χ3n) is 4.53. The van der Waals surface area contributed by atoms with Crippen LogP contribution < -0.4 is 15.8 Å². The molecule has 3 rings (SSSR count). The van der Waals surface area contributed by atoms with Crippen LogP contribution in [-0.4, -0.2) is 34.9 Å². The van der Waals surface area contributed by atoms with Gasteiger partial charge in [-0.1, -0.05) is 6.92 Å². The Morgan fingerprint density at radius 3 is 2.88 bits per heavy atom. The van der Waals surface area contributed by atoms with E-state index in [-0.39, 0.29) is 17.7 Å². The summed E-state index contributed by atoms with van der Waals surface area (Å²) in [5.74, 6) is 0.140. The van der Waals surface area contributed by atoms with Crippen molar-refractivity contribution in [3.05, 3.63) is 40.0 Å². The third kappa shape index (κ3) is 4.19. The number of nitrogens with one attached hydrogen (secondary N) is 2. The van der Waals surface area contributed by atoms with Crippen molar-refractivity contribution in [2.24, 2.45) is 5.92 Å². The average Bonchev–Trinajstić information content (AvgIpc) is 3.07. The Kier molecular flexibility index (Phi) is 5.82. The van der Waals surface area contributed by atoms with E-state index in [0.29, 0.717) is 11.4 Å². The molecule has 0 aliphatic carbocycles. The average molecular weight is 373 g/mol. The van der Waals surface area contributed by atoms with Crippen LogP contribution in [0.5, 0.6) is 0 Å². The summed E-state index contributed by atoms with van der Waals surface area (Å²) in [7, 11) is 0. The van der Waals surface area contributed by atoms with Crippen molar-refractivity contribution in [2.75, 3.05) is 18.0 Å². The van der Waals surface area contributed by atoms with Crippen LogP contribution in [0.25, 0.3) is 0 Å². The van der Waals surface area contributed by atoms with Gasteiger partial charge in [-0.2, -0.15) is 0 Å². The molecule has 3 heterocycles. The predicted molar refractivity (Wildman–Crippen MR) is 101 cm³/mol. The van der Waals surface area contributed by atoms with Crippen LogP contribution in [0.1, 0.15) is 39.9 Å². The first kappa shape index (κ1) is 18.3. The largest absolute Gasteiger partial charge is 0.355 e. The molecule has 26 heavy (non-hydrogen) atoms. The molecule has 1 atom stereocenters. The predicted octanol–water partition coefficient (Wildman–Crippen LogP) is 2.09. The van der Waals surface area contributed by atoms with E-state index in [1.54, 1.807) is 18.6 Å². The van der Waals surface area contributed by atoms with Crippen LogP contribution in [0.3, 0.4) is 0 Å². The lowest BCUT2D eigenvalue weighted by Crippen LogP contribution is -2.49. The maximum atomic E-state index is 12.5. The maximum Gasteiger partial charge on any atom is 0.279 e. The summed E-state index contributed by atoms with van der Waals surface area (Å²) < 4.78 is 0. The second kappa shape index (κ2) is 8.27. The van der Waals surface area contributed by atoms with Crippen LogP contribution in [0, 0.1) is 12.8 Å². The molecule has 1 saturated heterocycles. The number of hydrazine groups is 1. The highest BCUT2D eigenvalue weighted by Gasteiger charge is 2.27. The molecule has 0 aromatic carbocycles. The Morgan fingerprint density at radius 1 is 1.35 bits per heavy atom. The van der Waals surface area contributed by atoms with Gasteiger partial charge in [-0.15, -0.1) is 11.3 Å². The third-order valence-corrected chi connectivity index (χ3v) is 5.91. The highest BCUT2D eigenvalue weighted by atomic mass is 32.1. The summed E-state index contributed by atoms with van der Waals surface area (Å²) >= 11 is 1.47. The van der Waals surface area contributed by atoms with Gasteiger partial charge >= 0.3 is 0 Å². The van der Waals surface area contributed by atoms with Gasteiger partial charge in [0, 0.05) is 30.4 Å². The Labute approximate surface area is 156 Å². The summed E-state index contributed by atoms with van der Waals surface area (Å²) in [6, 6.07) is 1.86. The number of piperidine rings is 1. The molecule has 2 aromatic rings. The minimum absolute atomic E-state index is 0.170. The molecular weight excluding hydrogens is 350 g/mol. The van der Waals surface area contributed by atoms with Gasteiger partial charge in [-0.25, -0.2) is 4.98 Å². The molecule has 2 N–H and O–H groups in total. The van der Waals surface area contributed by atoms with Gasteiger partial charge in [0.05, 0.1) is 17.0 Å². The molecule has 2 aromatic heterocycles. The Hall–Kier alpha value is -2.48. The smallest absolute Gasteiger partial charge is 0.279 e. The molecule has 7 nitrogen and oxygen atoms in total. The standard InChI is InChI=1S/C18H23N5O2S/c1-3-14-12(2)9-15(26-14)18(25)22-21-17(24)13-5-4-8-23(11-13)16-10-19-6-7-20-16/h6-7,9-10,13H,3-5,8,11H2,1-2H3,(H,21,24)(H,22,25)/t13-/m1/s1. The fourth-order valence-electron chi connectivity index (χ4n) is 3.12. The summed E-state index contributed by atoms with van der Waals surface area (Å²) in [6.07, 6.45) is 7.56. The van der Waals surface area contributed by atoms with E-state index in [4.69, 9.17) is 0 Å². The maximum absolute atomic E-state index is 12.5. The molecule has 2 amide bonds. The minimum atomic E-state index is -0.271. The number of amides is 2. The van der Waals surface area contributed by atoms with Gasteiger partial charge in [0.2, 0.25) is 5.91 Å². The highest BCUT2D eigenvalue weighted by Crippen LogP contribution is 2.23. The van der Waals surface area contributed by atoms with Crippen LogP contribution in [0.15, 0.2) is 24.7 Å². The zero-order chi connectivity index (χ0) is 18.5. The molecule has 1 aliphatic rings. The van der Waals surface area contributed by atoms with Crippen LogP contribution in [0.2, 0.25) is 0 Å². The minimum Gasteiger partial charge on any atom is -0.355 e. The van der Waals surface area contributed by atoms with Crippen LogP contribution in [-0.2, 0) is 11.2 Å². The number of carbonyl (C=O) groups is 2. The number of rotatable bonds is 4. The van der Waals surface area contributed by atoms with Gasteiger partial charge in [-0.05, 0) is 37.8 Å². The van der Waals surface area contributed by atoms with E-state index < -0.39 is 0 Å². The molecule has 138 valence electrons. The Morgan fingerprint density at radius 2 is 2.19 bits per heavy atom. The van der Waals surface area contributed by atoms with E-state index >= 15 is 0 Å². The normalized spacial score (nSPS) is 17.0. The van der Waals surface area contributed by atoms with Gasteiger partial charge in [0.1, 0.15) is 5.82 Å². The van der Waals surface area contributed by atoms with Crippen molar-refractivity contribution >= 4 is 29.0 Å². The second-order valence-electron chi connectivity index (χ2n) is 6.36. The first-order chi connectivity index (χ1) is 12.6. The van der Waals surface area contributed by atoms with Crippen molar-refractivity contribution in [2.45, 2.75) is 33.1 Å². The Bertz CT molecular complexity index is 777. The van der Waals surface area contributed by atoms with Gasteiger partial charge in [0.25, 0.3) is 5.91 Å². The van der Waals surface area contributed by atoms with E-state index in [1.807, 2.05) is 13.0 Å². The quantitative estimate of drug-likeness (QED) is 0.802. The molecule has 0 bridgehead atoms. The van der Waals surface area contributed by atoms with Gasteiger partial charge in [-0.3, -0.25) is 25.4 Å². The number of hydrogen-bond donors (Lipinski definition) is 2. The first-order valence-electron chi connectivity index (χ1n) is 8.79. The van der Waals surface area contributed by atoms with Crippen molar-refractivity contribution in [1.82, 2.24) is 20.8 Å². The van der Waals surface area contributed by atoms with Crippen LogP contribution in [0.4, 0.5) is 5.82 Å². The number of thiophene rings is 1. The van der Waals surface area contributed by atoms with E-state index in [0.717, 1.165) is 37.2 Å². The lowest BCUT2D eigenvalue weighted by Gasteiger charge is -2.32. The number of nitrogens with zero attached hydrogens (tertiary/aromatic N) is 3. The second-order valence-corrected chi connectivity index (χ2v) is 7.50. The fraction of sp³-hybridized carbons (Fsp3) is 0.444. The number of hydrogen-bond acceptors (Lipinski definition) is 6. The molecule has 8 heteroatoms. The summed E-state index contributed by atoms with van der Waals surface area (Å²) in [4.78, 5) is 36.9. The highest BCUT2D eigenvalue weighted by molar-refractivity contribution is 7.14. The summed E-state index contributed by atoms with van der Waals surface area (Å²) in [6.45, 7) is 5.48. The number of aromatic nitrogens is 2. The number of carbonyl (C=O) groups excluding carboxylic acids is 2. The van der Waals surface area contributed by atoms with E-state index in [1.165, 1.54) is 16.2 Å². The van der Waals surface area contributed by atoms with Crippen molar-refractivity contribution in [3.63, 3.8) is 0 Å². The van der Waals surface area contributed by atoms with Crippen LogP contribution >= 0.6 is 11.3 Å². The molecule has 1 fully saturated rings. The molecule has 0 spiro atoms. The molecule has 0 unspecified atom stereocenters. The SMILES string of the molecule is CCc1sc(C(=O)NNC(=O)[C@@H]2CCCN(c3cnccn3)C2)cc1C. The van der Waals surface area contributed by atoms with E-state index in [2.05, 4.69) is 32.6 Å². The zero-order valence-corrected chi connectivity index (χ0v) is 15.8. The first-order valence-corrected chi connectivity index (χ1v) is 9.60. The van der Waals surface area contributed by atoms with Gasteiger partial charge in [0.15, 0.2) is 0 Å². The van der Waals surface area contributed by atoms with Crippen molar-refractivity contribution in [1.29, 1.82) is 0 Å². The topological polar surface area (TPSA) is 87.2 Å². The summed E-state index contributed by atoms with van der Waals surface area (Å²) in [5.41, 5.74) is 6.23. The number of anilines is 1. The van der Waals surface area contributed by atoms with Crippen molar-refractivity contribution < 1.29 is 9.59 Å². The Balaban J connectivity index is 1.55. The molecular formula is C18H23N5O2S. The monoisotopic (exact) mass is 373 g/mol. The van der Waals surface area contributed by atoms with Crippen molar-refractivity contribution in [3.8, 4) is 0 Å².